The second-order valence-corrected chi connectivity index (χ2v) is 10.5. The number of amides is 2. The molecule has 1 aromatic rings. The molecule has 2 amide bonds. The second kappa shape index (κ2) is 10.0. The number of likely N-dealkylation sites (N-methyl/N-ethyl adjacent to an activating group) is 1. The first-order valence-electron chi connectivity index (χ1n) is 11.3. The van der Waals surface area contributed by atoms with Crippen LogP contribution in [0.25, 0.3) is 0 Å². The van der Waals surface area contributed by atoms with Crippen LogP contribution in [0.2, 0.25) is 0 Å². The number of benzene rings is 1. The Bertz CT molecular complexity index is 1450. The quantitative estimate of drug-likeness (QED) is 0.129. The molecular formula is C23H27N3O12S. The smallest absolute Gasteiger partial charge is 0.394 e. The highest BCUT2D eigenvalue weighted by Crippen LogP contribution is 2.52. The Labute approximate surface area is 221 Å². The number of carbonyl (C=O) groups is 4. The van der Waals surface area contributed by atoms with E-state index in [1.54, 1.807) is 20.2 Å². The molecule has 0 aromatic heterocycles. The minimum absolute atomic E-state index is 0.00387. The number of Topliss-reactive ketones (excluding diaryl/α,β-unsaturated/α-hetero) is 2. The minimum Gasteiger partial charge on any atom is -0.510 e. The molecule has 1 aromatic carbocycles. The van der Waals surface area contributed by atoms with Crippen molar-refractivity contribution in [1.82, 2.24) is 4.90 Å². The highest BCUT2D eigenvalue weighted by Gasteiger charge is 2.63. The van der Waals surface area contributed by atoms with Crippen molar-refractivity contribution in [1.29, 1.82) is 0 Å². The Balaban J connectivity index is 0.000000771. The number of carbonyl (C=O) groups excluding carboxylic acids is 4. The van der Waals surface area contributed by atoms with Crippen molar-refractivity contribution in [3.63, 3.8) is 0 Å². The number of ketones is 2. The van der Waals surface area contributed by atoms with Crippen LogP contribution >= 0.6 is 0 Å². The summed E-state index contributed by atoms with van der Waals surface area (Å²) in [4.78, 5) is 51.5. The molecule has 4 atom stereocenters. The fraction of sp³-hybridized carbons (Fsp3) is 0.391. The first kappa shape index (κ1) is 29.7. The summed E-state index contributed by atoms with van der Waals surface area (Å²) >= 11 is 0. The number of aromatic hydroxyl groups is 1. The van der Waals surface area contributed by atoms with Gasteiger partial charge in [-0.25, -0.2) is 0 Å². The van der Waals surface area contributed by atoms with Crippen molar-refractivity contribution in [2.24, 2.45) is 17.6 Å². The van der Waals surface area contributed by atoms with Crippen LogP contribution in [-0.4, -0.2) is 92.0 Å². The lowest BCUT2D eigenvalue weighted by atomic mass is 9.58. The van der Waals surface area contributed by atoms with E-state index in [9.17, 15) is 39.6 Å². The first-order chi connectivity index (χ1) is 17.8. The van der Waals surface area contributed by atoms with Gasteiger partial charge in [0.15, 0.2) is 17.1 Å². The molecule has 16 heteroatoms. The van der Waals surface area contributed by atoms with Gasteiger partial charge in [0.25, 0.3) is 5.91 Å². The number of phenols is 1. The van der Waals surface area contributed by atoms with E-state index in [1.165, 1.54) is 17.9 Å². The summed E-state index contributed by atoms with van der Waals surface area (Å²) in [6, 6.07) is 1.99. The van der Waals surface area contributed by atoms with Gasteiger partial charge in [-0.2, -0.15) is 8.42 Å². The summed E-state index contributed by atoms with van der Waals surface area (Å²) in [6.07, 6.45) is 0.197. The first-order valence-corrected chi connectivity index (χ1v) is 12.7. The van der Waals surface area contributed by atoms with Crippen LogP contribution < -0.4 is 11.1 Å². The van der Waals surface area contributed by atoms with Crippen molar-refractivity contribution in [2.75, 3.05) is 19.4 Å². The second-order valence-electron chi connectivity index (χ2n) is 9.59. The number of fused-ring (bicyclic) bond motifs is 3. The van der Waals surface area contributed by atoms with Crippen LogP contribution in [0.1, 0.15) is 29.3 Å². The molecule has 0 saturated carbocycles. The fourth-order valence-electron chi connectivity index (χ4n) is 5.52. The summed E-state index contributed by atoms with van der Waals surface area (Å²) in [5.74, 6) is -7.62. The normalized spacial score (nSPS) is 26.3. The van der Waals surface area contributed by atoms with Crippen molar-refractivity contribution in [2.45, 2.75) is 31.4 Å². The maximum absolute atomic E-state index is 13.5. The number of hydrogen-bond donors (Lipinski definition) is 8. The molecule has 212 valence electrons. The van der Waals surface area contributed by atoms with E-state index in [0.29, 0.717) is 5.56 Å². The summed E-state index contributed by atoms with van der Waals surface area (Å²) in [7, 11) is -1.54. The zero-order chi connectivity index (χ0) is 29.8. The van der Waals surface area contributed by atoms with E-state index >= 15 is 0 Å². The SMILES string of the molecule is CC(=O)Nc1ccc2c(c1O)C(=O)C1=C(O)[C@]3(O)C(=O)C(C(N)=O)=C(O)[C@@H](N(C)C)C3CC1C2.O=S(=O)(O)O. The average Bonchev–Trinajstić information content (AvgIpc) is 2.76. The predicted molar refractivity (Wildman–Crippen MR) is 132 cm³/mol. The van der Waals surface area contributed by atoms with E-state index < -0.39 is 80.1 Å². The Hall–Kier alpha value is -3.83. The number of aliphatic hydroxyl groups is 3. The van der Waals surface area contributed by atoms with Gasteiger partial charge >= 0.3 is 10.4 Å². The van der Waals surface area contributed by atoms with Crippen LogP contribution in [0.15, 0.2) is 34.8 Å². The molecule has 0 radical (unpaired) electrons. The number of primary amides is 1. The molecule has 9 N–H and O–H groups in total. The molecule has 3 aliphatic carbocycles. The third-order valence-electron chi connectivity index (χ3n) is 6.91. The number of nitrogens with zero attached hydrogens (tertiary/aromatic N) is 1. The standard InChI is InChI=1S/C23H25N3O8.H2O4S/c1-8(27)25-12-5-4-9-6-10-7-11-16(26(2)3)19(30)15(22(24)33)21(32)23(11,34)20(31)14(10)18(29)13(9)17(12)28;1-5(2,3)4/h4-5,10-11,16,28,30-31,34H,6-7H2,1-3H3,(H2,24,33)(H,25,27);(H2,1,2,3,4)/t10?,11?,16-,23-;/m0./s1. The number of nitrogens with one attached hydrogen (secondary N) is 1. The highest BCUT2D eigenvalue weighted by molar-refractivity contribution is 7.79. The lowest BCUT2D eigenvalue weighted by molar-refractivity contribution is -0.148. The number of allylic oxidation sites excluding steroid dienone is 1. The van der Waals surface area contributed by atoms with Gasteiger partial charge in [0, 0.05) is 18.4 Å². The fourth-order valence-corrected chi connectivity index (χ4v) is 5.52. The summed E-state index contributed by atoms with van der Waals surface area (Å²) in [6.45, 7) is 1.23. The molecule has 2 unspecified atom stereocenters. The number of anilines is 1. The number of aliphatic hydroxyl groups excluding tert-OH is 2. The van der Waals surface area contributed by atoms with Crippen LogP contribution in [0.5, 0.6) is 5.75 Å². The molecule has 0 spiro atoms. The van der Waals surface area contributed by atoms with Gasteiger partial charge in [0.1, 0.15) is 17.1 Å². The Morgan fingerprint density at radius 1 is 1.13 bits per heavy atom. The van der Waals surface area contributed by atoms with E-state index in [4.69, 9.17) is 23.3 Å². The maximum atomic E-state index is 13.5. The molecule has 0 aliphatic heterocycles. The van der Waals surface area contributed by atoms with Crippen molar-refractivity contribution in [3.05, 3.63) is 45.9 Å². The number of nitrogens with two attached hydrogens (primary N) is 1. The summed E-state index contributed by atoms with van der Waals surface area (Å²) in [5.41, 5.74) is 1.80. The van der Waals surface area contributed by atoms with Crippen molar-refractivity contribution >= 4 is 39.5 Å². The van der Waals surface area contributed by atoms with Crippen LogP contribution in [0, 0.1) is 11.8 Å². The summed E-state index contributed by atoms with van der Waals surface area (Å²) < 4.78 is 31.6. The largest absolute Gasteiger partial charge is 0.510 e. The number of phenolic OH excluding ortho intramolecular Hbond substituents is 1. The Kier molecular flexibility index (Phi) is 7.66. The van der Waals surface area contributed by atoms with E-state index in [1.807, 2.05) is 0 Å². The van der Waals surface area contributed by atoms with Gasteiger partial charge in [-0.15, -0.1) is 0 Å². The number of hydrogen-bond acceptors (Lipinski definition) is 11. The molecule has 15 nitrogen and oxygen atoms in total. The van der Waals surface area contributed by atoms with E-state index in [2.05, 4.69) is 5.32 Å². The van der Waals surface area contributed by atoms with Gasteiger partial charge in [-0.05, 0) is 44.5 Å². The zero-order valence-corrected chi connectivity index (χ0v) is 21.7. The Morgan fingerprint density at radius 2 is 1.69 bits per heavy atom. The van der Waals surface area contributed by atoms with Gasteiger partial charge in [0.2, 0.25) is 11.7 Å². The van der Waals surface area contributed by atoms with Crippen LogP contribution in [0.3, 0.4) is 0 Å². The predicted octanol–water partition coefficient (Wildman–Crippen LogP) is -0.574. The summed E-state index contributed by atoms with van der Waals surface area (Å²) in [5, 5.41) is 46.5. The molecule has 0 heterocycles. The monoisotopic (exact) mass is 569 g/mol. The molecule has 39 heavy (non-hydrogen) atoms. The third kappa shape index (κ3) is 5.11. The van der Waals surface area contributed by atoms with Gasteiger partial charge in [-0.1, -0.05) is 6.07 Å². The van der Waals surface area contributed by atoms with Crippen LogP contribution in [0.4, 0.5) is 5.69 Å². The zero-order valence-electron chi connectivity index (χ0n) is 20.9. The topological polar surface area (TPSA) is 265 Å². The maximum Gasteiger partial charge on any atom is 0.394 e. The Morgan fingerprint density at radius 3 is 2.18 bits per heavy atom. The van der Waals surface area contributed by atoms with Crippen LogP contribution in [-0.2, 0) is 31.2 Å². The molecule has 0 saturated heterocycles. The van der Waals surface area contributed by atoms with Gasteiger partial charge < -0.3 is 31.5 Å². The van der Waals surface area contributed by atoms with Crippen molar-refractivity contribution in [3.8, 4) is 5.75 Å². The highest BCUT2D eigenvalue weighted by atomic mass is 32.3. The average molecular weight is 570 g/mol. The lowest BCUT2D eigenvalue weighted by Gasteiger charge is -2.50. The lowest BCUT2D eigenvalue weighted by Crippen LogP contribution is -2.63. The van der Waals surface area contributed by atoms with Crippen molar-refractivity contribution < 1.29 is 57.1 Å². The molecule has 3 aliphatic rings. The number of rotatable bonds is 3. The molecular weight excluding hydrogens is 542 g/mol. The van der Waals surface area contributed by atoms with Gasteiger partial charge in [0.05, 0.1) is 17.3 Å². The van der Waals surface area contributed by atoms with Gasteiger partial charge in [-0.3, -0.25) is 33.2 Å². The molecule has 0 fully saturated rings. The molecule has 0 bridgehead atoms. The van der Waals surface area contributed by atoms with E-state index in [-0.39, 0.29) is 29.7 Å². The van der Waals surface area contributed by atoms with E-state index in [0.717, 1.165) is 0 Å². The molecule has 4 rings (SSSR count). The third-order valence-corrected chi connectivity index (χ3v) is 6.91. The minimum atomic E-state index is -4.67.